The lowest BCUT2D eigenvalue weighted by Gasteiger charge is -2.36. The second-order valence-corrected chi connectivity index (χ2v) is 6.15. The largest absolute Gasteiger partial charge is 0.353 e. The van der Waals surface area contributed by atoms with Crippen LogP contribution >= 0.6 is 0 Å². The molecule has 2 aliphatic heterocycles. The molecule has 3 aliphatic rings. The zero-order chi connectivity index (χ0) is 11.8. The molecule has 2 heterocycles. The highest BCUT2D eigenvalue weighted by Gasteiger charge is 2.36. The summed E-state index contributed by atoms with van der Waals surface area (Å²) in [4.78, 5) is 7.28. The Morgan fingerprint density at radius 1 is 1.35 bits per heavy atom. The molecular formula is C14H25N3. The molecule has 1 saturated carbocycles. The highest BCUT2D eigenvalue weighted by Crippen LogP contribution is 2.34. The molecule has 17 heavy (non-hydrogen) atoms. The number of fused-ring (bicyclic) bond motifs is 1. The molecule has 0 spiro atoms. The number of piperidine rings is 1. The molecule has 0 bridgehead atoms. The molecule has 0 amide bonds. The van der Waals surface area contributed by atoms with Crippen LogP contribution in [0.4, 0.5) is 0 Å². The summed E-state index contributed by atoms with van der Waals surface area (Å²) in [6, 6.07) is 1.37. The summed E-state index contributed by atoms with van der Waals surface area (Å²) in [6.07, 6.45) is 6.77. The van der Waals surface area contributed by atoms with E-state index in [9.17, 15) is 0 Å². The Morgan fingerprint density at radius 3 is 2.88 bits per heavy atom. The lowest BCUT2D eigenvalue weighted by molar-refractivity contribution is 0.209. The van der Waals surface area contributed by atoms with E-state index in [1.54, 1.807) is 0 Å². The van der Waals surface area contributed by atoms with Gasteiger partial charge in [0.25, 0.3) is 0 Å². The molecule has 3 nitrogen and oxygen atoms in total. The van der Waals surface area contributed by atoms with Crippen LogP contribution in [0.15, 0.2) is 4.99 Å². The summed E-state index contributed by atoms with van der Waals surface area (Å²) in [6.45, 7) is 6.89. The summed E-state index contributed by atoms with van der Waals surface area (Å²) in [7, 11) is 0. The van der Waals surface area contributed by atoms with Crippen LogP contribution in [0.5, 0.6) is 0 Å². The minimum atomic E-state index is 0.671. The predicted molar refractivity (Wildman–Crippen MR) is 71.1 cm³/mol. The molecule has 1 N–H and O–H groups in total. The average Bonchev–Trinajstić information content (AvgIpc) is 3.09. The minimum absolute atomic E-state index is 0.671. The van der Waals surface area contributed by atoms with Crippen LogP contribution in [0.3, 0.4) is 0 Å². The van der Waals surface area contributed by atoms with Crippen LogP contribution in [0.2, 0.25) is 0 Å². The first-order valence-electron chi connectivity index (χ1n) is 7.35. The van der Waals surface area contributed by atoms with E-state index in [-0.39, 0.29) is 0 Å². The highest BCUT2D eigenvalue weighted by atomic mass is 15.4. The molecule has 0 aromatic rings. The normalized spacial score (nSPS) is 34.2. The molecule has 96 valence electrons. The van der Waals surface area contributed by atoms with Gasteiger partial charge in [0.2, 0.25) is 0 Å². The van der Waals surface area contributed by atoms with Crippen LogP contribution in [-0.2, 0) is 0 Å². The van der Waals surface area contributed by atoms with Crippen molar-refractivity contribution in [2.75, 3.05) is 13.1 Å². The van der Waals surface area contributed by atoms with E-state index in [0.29, 0.717) is 12.1 Å². The van der Waals surface area contributed by atoms with Crippen LogP contribution in [0, 0.1) is 11.8 Å². The minimum Gasteiger partial charge on any atom is -0.353 e. The molecule has 3 unspecified atom stereocenters. The van der Waals surface area contributed by atoms with E-state index in [4.69, 9.17) is 4.99 Å². The first-order chi connectivity index (χ1) is 8.28. The second kappa shape index (κ2) is 4.51. The van der Waals surface area contributed by atoms with Gasteiger partial charge in [-0.3, -0.25) is 4.99 Å². The summed E-state index contributed by atoms with van der Waals surface area (Å²) in [5, 5.41) is 3.72. The summed E-state index contributed by atoms with van der Waals surface area (Å²) < 4.78 is 0. The standard InChI is InChI=1S/C14H25N3/c1-3-13(11-5-6-11)16-14-15-8-12-7-4-10(2)9-17(12)14/h10-13H,3-9H2,1-2H3,(H,15,16). The fourth-order valence-electron chi connectivity index (χ4n) is 3.29. The van der Waals surface area contributed by atoms with Crippen molar-refractivity contribution in [2.45, 2.75) is 58.0 Å². The van der Waals surface area contributed by atoms with Gasteiger partial charge in [-0.1, -0.05) is 13.8 Å². The Morgan fingerprint density at radius 2 is 2.18 bits per heavy atom. The van der Waals surface area contributed by atoms with Gasteiger partial charge in [0.05, 0.1) is 12.6 Å². The quantitative estimate of drug-likeness (QED) is 0.812. The SMILES string of the molecule is CCC(NC1=NCC2CCC(C)CN12)C1CC1. The van der Waals surface area contributed by atoms with Gasteiger partial charge >= 0.3 is 0 Å². The molecule has 0 radical (unpaired) electrons. The third kappa shape index (κ3) is 2.29. The molecule has 1 saturated heterocycles. The number of hydrogen-bond donors (Lipinski definition) is 1. The van der Waals surface area contributed by atoms with Crippen molar-refractivity contribution >= 4 is 5.96 Å². The van der Waals surface area contributed by atoms with Gasteiger partial charge in [-0.15, -0.1) is 0 Å². The average molecular weight is 235 g/mol. The van der Waals surface area contributed by atoms with Gasteiger partial charge in [0, 0.05) is 12.6 Å². The number of guanidine groups is 1. The first-order valence-corrected chi connectivity index (χ1v) is 7.35. The zero-order valence-corrected chi connectivity index (χ0v) is 11.2. The molecule has 0 aromatic carbocycles. The van der Waals surface area contributed by atoms with E-state index in [1.807, 2.05) is 0 Å². The maximum absolute atomic E-state index is 4.74. The monoisotopic (exact) mass is 235 g/mol. The Bertz CT molecular complexity index is 309. The number of nitrogens with one attached hydrogen (secondary N) is 1. The smallest absolute Gasteiger partial charge is 0.194 e. The van der Waals surface area contributed by atoms with Gasteiger partial charge in [0.1, 0.15) is 0 Å². The number of rotatable bonds is 3. The maximum atomic E-state index is 4.74. The Labute approximate surface area is 105 Å². The van der Waals surface area contributed by atoms with Gasteiger partial charge in [-0.05, 0) is 43.9 Å². The summed E-state index contributed by atoms with van der Waals surface area (Å²) in [5.74, 6) is 2.96. The summed E-state index contributed by atoms with van der Waals surface area (Å²) in [5.41, 5.74) is 0. The Hall–Kier alpha value is -0.730. The van der Waals surface area contributed by atoms with E-state index in [1.165, 1.54) is 44.6 Å². The molecule has 3 rings (SSSR count). The van der Waals surface area contributed by atoms with Crippen molar-refractivity contribution < 1.29 is 0 Å². The van der Waals surface area contributed by atoms with Crippen LogP contribution in [0.25, 0.3) is 0 Å². The zero-order valence-electron chi connectivity index (χ0n) is 11.2. The summed E-state index contributed by atoms with van der Waals surface area (Å²) >= 11 is 0. The van der Waals surface area contributed by atoms with E-state index < -0.39 is 0 Å². The fraction of sp³-hybridized carbons (Fsp3) is 0.929. The highest BCUT2D eigenvalue weighted by molar-refractivity contribution is 5.82. The molecule has 3 heteroatoms. The van der Waals surface area contributed by atoms with E-state index >= 15 is 0 Å². The van der Waals surface area contributed by atoms with Gasteiger partial charge < -0.3 is 10.2 Å². The van der Waals surface area contributed by atoms with Crippen LogP contribution in [-0.4, -0.2) is 36.0 Å². The molecule has 0 aromatic heterocycles. The second-order valence-electron chi connectivity index (χ2n) is 6.15. The third-order valence-corrected chi connectivity index (χ3v) is 4.61. The fourth-order valence-corrected chi connectivity index (χ4v) is 3.29. The molecular weight excluding hydrogens is 210 g/mol. The van der Waals surface area contributed by atoms with Crippen molar-refractivity contribution in [1.29, 1.82) is 0 Å². The Balaban J connectivity index is 1.62. The van der Waals surface area contributed by atoms with Gasteiger partial charge in [0.15, 0.2) is 5.96 Å². The maximum Gasteiger partial charge on any atom is 0.194 e. The molecule has 1 aliphatic carbocycles. The van der Waals surface area contributed by atoms with Crippen LogP contribution in [0.1, 0.15) is 46.0 Å². The lowest BCUT2D eigenvalue weighted by atomic mass is 9.95. The Kier molecular flexibility index (Phi) is 3.01. The van der Waals surface area contributed by atoms with Crippen LogP contribution < -0.4 is 5.32 Å². The van der Waals surface area contributed by atoms with Crippen molar-refractivity contribution in [1.82, 2.24) is 10.2 Å². The van der Waals surface area contributed by atoms with Crippen molar-refractivity contribution in [3.8, 4) is 0 Å². The number of aliphatic imine (C=N–C) groups is 1. The number of nitrogens with zero attached hydrogens (tertiary/aromatic N) is 2. The van der Waals surface area contributed by atoms with E-state index in [0.717, 1.165) is 18.4 Å². The number of hydrogen-bond acceptors (Lipinski definition) is 3. The van der Waals surface area contributed by atoms with E-state index in [2.05, 4.69) is 24.1 Å². The van der Waals surface area contributed by atoms with Gasteiger partial charge in [-0.2, -0.15) is 0 Å². The van der Waals surface area contributed by atoms with Gasteiger partial charge in [-0.25, -0.2) is 0 Å². The molecule has 2 fully saturated rings. The predicted octanol–water partition coefficient (Wildman–Crippen LogP) is 2.23. The molecule has 3 atom stereocenters. The topological polar surface area (TPSA) is 27.6 Å². The van der Waals surface area contributed by atoms with Crippen molar-refractivity contribution in [3.63, 3.8) is 0 Å². The van der Waals surface area contributed by atoms with Crippen molar-refractivity contribution in [2.24, 2.45) is 16.8 Å². The lowest BCUT2D eigenvalue weighted by Crippen LogP contribution is -2.51. The first kappa shape index (κ1) is 11.4. The third-order valence-electron chi connectivity index (χ3n) is 4.61. The van der Waals surface area contributed by atoms with Crippen molar-refractivity contribution in [3.05, 3.63) is 0 Å².